The highest BCUT2D eigenvalue weighted by Crippen LogP contribution is 2.15. The third-order valence-electron chi connectivity index (χ3n) is 3.75. The van der Waals surface area contributed by atoms with Gasteiger partial charge in [-0.3, -0.25) is 13.9 Å². The highest BCUT2D eigenvalue weighted by Gasteiger charge is 2.16. The number of anilines is 1. The average molecular weight is 391 g/mol. The Hall–Kier alpha value is -2.68. The first kappa shape index (κ1) is 16.2. The summed E-state index contributed by atoms with van der Waals surface area (Å²) >= 11 is 3.44. The normalized spacial score (nSPS) is 11.5. The molecule has 9 heteroatoms. The van der Waals surface area contributed by atoms with Gasteiger partial charge in [-0.15, -0.1) is 0 Å². The predicted octanol–water partition coefficient (Wildman–Crippen LogP) is 1.18. The maximum atomic E-state index is 12.3. The summed E-state index contributed by atoms with van der Waals surface area (Å²) in [5, 5.41) is 4.15. The van der Waals surface area contributed by atoms with Crippen LogP contribution in [0.5, 0.6) is 0 Å². The number of imidazole rings is 1. The molecule has 2 heterocycles. The number of nitrogens with zero attached hydrogens (tertiary/aromatic N) is 5. The van der Waals surface area contributed by atoms with Crippen molar-refractivity contribution in [2.24, 2.45) is 26.2 Å². The smallest absolute Gasteiger partial charge is 0.306 e. The van der Waals surface area contributed by atoms with E-state index in [0.29, 0.717) is 17.1 Å². The van der Waals surface area contributed by atoms with Crippen LogP contribution in [0.4, 0.5) is 5.95 Å². The van der Waals surface area contributed by atoms with Gasteiger partial charge in [0.2, 0.25) is 5.95 Å². The first-order chi connectivity index (χ1) is 11.4. The van der Waals surface area contributed by atoms with Crippen LogP contribution in [0.15, 0.2) is 43.4 Å². The summed E-state index contributed by atoms with van der Waals surface area (Å²) in [6.45, 7) is 0. The highest BCUT2D eigenvalue weighted by atomic mass is 79.9. The zero-order valence-corrected chi connectivity index (χ0v) is 14.9. The Morgan fingerprint density at radius 2 is 1.83 bits per heavy atom. The molecule has 0 aliphatic carbocycles. The number of nitrogens with one attached hydrogen (secondary N) is 1. The molecule has 1 N–H and O–H groups in total. The number of hydrogen-bond donors (Lipinski definition) is 1. The van der Waals surface area contributed by atoms with Gasteiger partial charge in [0.25, 0.3) is 5.56 Å². The number of aromatic nitrogens is 4. The van der Waals surface area contributed by atoms with Crippen LogP contribution < -0.4 is 16.7 Å². The third kappa shape index (κ3) is 2.56. The molecule has 0 aliphatic rings. The Labute approximate surface area is 145 Å². The fourth-order valence-corrected chi connectivity index (χ4v) is 2.74. The van der Waals surface area contributed by atoms with E-state index >= 15 is 0 Å². The third-order valence-corrected chi connectivity index (χ3v) is 4.47. The highest BCUT2D eigenvalue weighted by molar-refractivity contribution is 9.10. The molecule has 0 spiro atoms. The molecule has 2 aromatic heterocycles. The van der Waals surface area contributed by atoms with Crippen molar-refractivity contribution in [3.8, 4) is 0 Å². The van der Waals surface area contributed by atoms with Crippen LogP contribution in [-0.2, 0) is 21.1 Å². The molecule has 0 saturated carbocycles. The summed E-state index contributed by atoms with van der Waals surface area (Å²) < 4.78 is 4.88. The number of rotatable bonds is 3. The quantitative estimate of drug-likeness (QED) is 0.537. The lowest BCUT2D eigenvalue weighted by Crippen LogP contribution is -2.37. The molecular weight excluding hydrogens is 376 g/mol. The van der Waals surface area contributed by atoms with Crippen molar-refractivity contribution in [3.05, 3.63) is 55.1 Å². The van der Waals surface area contributed by atoms with Gasteiger partial charge in [-0.05, 0) is 6.07 Å². The monoisotopic (exact) mass is 390 g/mol. The molecule has 0 radical (unpaired) electrons. The van der Waals surface area contributed by atoms with Gasteiger partial charge in [0.1, 0.15) is 0 Å². The van der Waals surface area contributed by atoms with Crippen LogP contribution in [0.2, 0.25) is 0 Å². The molecule has 3 rings (SSSR count). The minimum absolute atomic E-state index is 0.309. The van der Waals surface area contributed by atoms with E-state index in [4.69, 9.17) is 0 Å². The Balaban J connectivity index is 2.03. The molecule has 1 aromatic carbocycles. The molecule has 0 saturated heterocycles. The van der Waals surface area contributed by atoms with E-state index in [-0.39, 0.29) is 0 Å². The lowest BCUT2D eigenvalue weighted by molar-refractivity contribution is 0.705. The van der Waals surface area contributed by atoms with E-state index in [2.05, 4.69) is 31.4 Å². The Morgan fingerprint density at radius 1 is 1.12 bits per heavy atom. The molecule has 124 valence electrons. The maximum absolute atomic E-state index is 12.3. The van der Waals surface area contributed by atoms with E-state index in [1.165, 1.54) is 11.6 Å². The van der Waals surface area contributed by atoms with Gasteiger partial charge in [0.05, 0.1) is 6.21 Å². The van der Waals surface area contributed by atoms with Gasteiger partial charge >= 0.3 is 5.69 Å². The van der Waals surface area contributed by atoms with E-state index in [9.17, 15) is 9.59 Å². The molecule has 0 aliphatic heterocycles. The number of halogens is 1. The van der Waals surface area contributed by atoms with Crippen molar-refractivity contribution in [2.75, 3.05) is 5.43 Å². The second-order valence-electron chi connectivity index (χ2n) is 5.26. The summed E-state index contributed by atoms with van der Waals surface area (Å²) in [6.07, 6.45) is 1.64. The van der Waals surface area contributed by atoms with E-state index in [0.717, 1.165) is 14.6 Å². The topological polar surface area (TPSA) is 86.2 Å². The first-order valence-corrected chi connectivity index (χ1v) is 7.87. The molecule has 0 fully saturated rings. The van der Waals surface area contributed by atoms with Gasteiger partial charge in [-0.1, -0.05) is 34.1 Å². The lowest BCUT2D eigenvalue weighted by Gasteiger charge is -2.03. The number of fused-ring (bicyclic) bond motifs is 1. The zero-order valence-electron chi connectivity index (χ0n) is 13.3. The predicted molar refractivity (Wildman–Crippen MR) is 96.6 cm³/mol. The first-order valence-electron chi connectivity index (χ1n) is 7.08. The van der Waals surface area contributed by atoms with Crippen molar-refractivity contribution in [1.29, 1.82) is 0 Å². The fourth-order valence-electron chi connectivity index (χ4n) is 2.36. The summed E-state index contributed by atoms with van der Waals surface area (Å²) in [7, 11) is 4.71. The van der Waals surface area contributed by atoms with Gasteiger partial charge in [0, 0.05) is 31.2 Å². The number of hydrazone groups is 1. The van der Waals surface area contributed by atoms with Crippen molar-refractivity contribution in [2.45, 2.75) is 0 Å². The standard InChI is InChI=1S/C15H15BrN6O2/c1-20-11-12(21(2)15(24)22(3)13(11)23)18-14(20)19-17-8-9-6-4-5-7-10(9)16/h4-8H,1-3H3,(H,18,19)/b17-8+. The molecule has 0 amide bonds. The molecule has 24 heavy (non-hydrogen) atoms. The van der Waals surface area contributed by atoms with E-state index < -0.39 is 11.2 Å². The Morgan fingerprint density at radius 3 is 2.54 bits per heavy atom. The maximum Gasteiger partial charge on any atom is 0.332 e. The molecule has 0 unspecified atom stereocenters. The Kier molecular flexibility index (Phi) is 4.10. The molecule has 3 aromatic rings. The molecular formula is C15H15BrN6O2. The number of benzene rings is 1. The van der Waals surface area contributed by atoms with Crippen molar-refractivity contribution in [3.63, 3.8) is 0 Å². The van der Waals surface area contributed by atoms with Gasteiger partial charge in [-0.25, -0.2) is 10.2 Å². The van der Waals surface area contributed by atoms with Crippen LogP contribution in [0.1, 0.15) is 5.56 Å². The van der Waals surface area contributed by atoms with Crippen LogP contribution in [0, 0.1) is 0 Å². The molecule has 0 bridgehead atoms. The summed E-state index contributed by atoms with van der Waals surface area (Å²) in [6, 6.07) is 7.64. The SMILES string of the molecule is Cn1c(=O)c2c(nc(N/N=C/c3ccccc3Br)n2C)n(C)c1=O. The largest absolute Gasteiger partial charge is 0.332 e. The van der Waals surface area contributed by atoms with Gasteiger partial charge in [0.15, 0.2) is 11.2 Å². The van der Waals surface area contributed by atoms with Gasteiger partial charge in [-0.2, -0.15) is 10.1 Å². The van der Waals surface area contributed by atoms with Crippen LogP contribution in [0.3, 0.4) is 0 Å². The lowest BCUT2D eigenvalue weighted by atomic mass is 10.2. The Bertz CT molecular complexity index is 1080. The average Bonchev–Trinajstić information content (AvgIpc) is 2.90. The summed E-state index contributed by atoms with van der Waals surface area (Å²) in [4.78, 5) is 28.6. The minimum atomic E-state index is -0.422. The van der Waals surface area contributed by atoms with Gasteiger partial charge < -0.3 is 4.57 Å². The summed E-state index contributed by atoms with van der Waals surface area (Å²) in [5.41, 5.74) is 3.53. The molecule has 0 atom stereocenters. The van der Waals surface area contributed by atoms with E-state index in [1.54, 1.807) is 24.9 Å². The van der Waals surface area contributed by atoms with Crippen LogP contribution >= 0.6 is 15.9 Å². The van der Waals surface area contributed by atoms with Crippen LogP contribution in [0.25, 0.3) is 11.2 Å². The van der Waals surface area contributed by atoms with Crippen molar-refractivity contribution >= 4 is 39.3 Å². The van der Waals surface area contributed by atoms with Crippen LogP contribution in [-0.4, -0.2) is 24.9 Å². The second-order valence-corrected chi connectivity index (χ2v) is 6.12. The fraction of sp³-hybridized carbons (Fsp3) is 0.200. The van der Waals surface area contributed by atoms with Crippen molar-refractivity contribution < 1.29 is 0 Å². The second kappa shape index (κ2) is 6.08. The minimum Gasteiger partial charge on any atom is -0.306 e. The summed E-state index contributed by atoms with van der Waals surface area (Å²) in [5.74, 6) is 0.367. The molecule has 8 nitrogen and oxygen atoms in total. The number of hydrogen-bond acceptors (Lipinski definition) is 5. The zero-order chi connectivity index (χ0) is 17.4. The number of aryl methyl sites for hydroxylation is 2. The van der Waals surface area contributed by atoms with E-state index in [1.807, 2.05) is 24.3 Å². The van der Waals surface area contributed by atoms with Crippen molar-refractivity contribution in [1.82, 2.24) is 18.7 Å².